The molecule has 8 heteroatoms. The normalized spacial score (nSPS) is 28.0. The van der Waals surface area contributed by atoms with E-state index in [1.54, 1.807) is 6.08 Å². The first-order valence-corrected chi connectivity index (χ1v) is 9.70. The summed E-state index contributed by atoms with van der Waals surface area (Å²) in [5.41, 5.74) is 0. The number of carbonyl (C=O) groups excluding carboxylic acids is 1. The Hall–Kier alpha value is -1.93. The summed E-state index contributed by atoms with van der Waals surface area (Å²) < 4.78 is 0. The zero-order chi connectivity index (χ0) is 19.8. The minimum absolute atomic E-state index is 0.233. The van der Waals surface area contributed by atoms with Gasteiger partial charge < -0.3 is 25.5 Å². The van der Waals surface area contributed by atoms with Gasteiger partial charge in [0.05, 0.1) is 12.0 Å². The molecule has 0 aromatic rings. The SMILES string of the molecule is O=C(C=CC1CCC(O)CC1)N[C@H](CCN1CCCC(C(=O)O)C1)C(=O)O. The number of aliphatic carboxylic acids is 2. The van der Waals surface area contributed by atoms with E-state index in [0.717, 1.165) is 38.6 Å². The Bertz CT molecular complexity index is 556. The number of piperidine rings is 1. The molecule has 1 saturated heterocycles. The van der Waals surface area contributed by atoms with Crippen LogP contribution in [-0.4, -0.2) is 69.8 Å². The summed E-state index contributed by atoms with van der Waals surface area (Å²) in [4.78, 5) is 36.6. The lowest BCUT2D eigenvalue weighted by Gasteiger charge is -2.31. The van der Waals surface area contributed by atoms with Gasteiger partial charge in [0, 0.05) is 13.1 Å². The maximum Gasteiger partial charge on any atom is 0.326 e. The number of likely N-dealkylation sites (tertiary alicyclic amines) is 1. The van der Waals surface area contributed by atoms with E-state index in [0.29, 0.717) is 19.5 Å². The second-order valence-electron chi connectivity index (χ2n) is 7.59. The van der Waals surface area contributed by atoms with Crippen LogP contribution in [0, 0.1) is 11.8 Å². The predicted octanol–water partition coefficient (Wildman–Crippen LogP) is 0.850. The number of carboxylic acid groups (broad SMARTS) is 2. The van der Waals surface area contributed by atoms with Crippen LogP contribution in [0.1, 0.15) is 44.9 Å². The van der Waals surface area contributed by atoms with Crippen molar-refractivity contribution < 1.29 is 29.7 Å². The van der Waals surface area contributed by atoms with E-state index < -0.39 is 29.8 Å². The third-order valence-corrected chi connectivity index (χ3v) is 5.46. The molecule has 1 aliphatic carbocycles. The van der Waals surface area contributed by atoms with Gasteiger partial charge in [0.15, 0.2) is 0 Å². The summed E-state index contributed by atoms with van der Waals surface area (Å²) in [5, 5.41) is 30.5. The van der Waals surface area contributed by atoms with Crippen molar-refractivity contribution in [1.29, 1.82) is 0 Å². The molecule has 0 spiro atoms. The van der Waals surface area contributed by atoms with Gasteiger partial charge in [-0.2, -0.15) is 0 Å². The van der Waals surface area contributed by atoms with Gasteiger partial charge in [0.25, 0.3) is 0 Å². The molecule has 0 aromatic carbocycles. The largest absolute Gasteiger partial charge is 0.481 e. The van der Waals surface area contributed by atoms with E-state index in [4.69, 9.17) is 5.11 Å². The summed E-state index contributed by atoms with van der Waals surface area (Å²) >= 11 is 0. The van der Waals surface area contributed by atoms with Crippen molar-refractivity contribution in [2.24, 2.45) is 11.8 Å². The number of carbonyl (C=O) groups is 3. The predicted molar refractivity (Wildman–Crippen MR) is 98.1 cm³/mol. The van der Waals surface area contributed by atoms with Crippen molar-refractivity contribution in [1.82, 2.24) is 10.2 Å². The first kappa shape index (κ1) is 21.4. The quantitative estimate of drug-likeness (QED) is 0.458. The number of allylic oxidation sites excluding steroid dienone is 1. The van der Waals surface area contributed by atoms with Gasteiger partial charge in [-0.15, -0.1) is 0 Å². The van der Waals surface area contributed by atoms with E-state index in [-0.39, 0.29) is 18.4 Å². The molecule has 2 aliphatic rings. The highest BCUT2D eigenvalue weighted by Crippen LogP contribution is 2.25. The molecule has 1 aliphatic heterocycles. The zero-order valence-corrected chi connectivity index (χ0v) is 15.5. The van der Waals surface area contributed by atoms with Gasteiger partial charge >= 0.3 is 11.9 Å². The minimum atomic E-state index is -1.09. The Morgan fingerprint density at radius 2 is 1.81 bits per heavy atom. The van der Waals surface area contributed by atoms with Gasteiger partial charge in [-0.05, 0) is 63.5 Å². The van der Waals surface area contributed by atoms with E-state index in [2.05, 4.69) is 5.32 Å². The van der Waals surface area contributed by atoms with Crippen LogP contribution in [0.2, 0.25) is 0 Å². The van der Waals surface area contributed by atoms with Crippen LogP contribution in [-0.2, 0) is 14.4 Å². The fourth-order valence-electron chi connectivity index (χ4n) is 3.77. The number of aliphatic hydroxyl groups is 1. The number of carboxylic acids is 2. The molecule has 8 nitrogen and oxygen atoms in total. The average Bonchev–Trinajstić information content (AvgIpc) is 2.64. The van der Waals surface area contributed by atoms with Crippen LogP contribution in [0.5, 0.6) is 0 Å². The van der Waals surface area contributed by atoms with E-state index in [1.165, 1.54) is 6.08 Å². The second-order valence-corrected chi connectivity index (χ2v) is 7.59. The third kappa shape index (κ3) is 7.30. The molecule has 2 atom stereocenters. The van der Waals surface area contributed by atoms with Crippen LogP contribution in [0.3, 0.4) is 0 Å². The number of nitrogens with one attached hydrogen (secondary N) is 1. The topological polar surface area (TPSA) is 127 Å². The molecule has 152 valence electrons. The summed E-state index contributed by atoms with van der Waals surface area (Å²) in [5.74, 6) is -2.51. The number of nitrogens with zero attached hydrogens (tertiary/aromatic N) is 1. The number of hydrogen-bond donors (Lipinski definition) is 4. The highest BCUT2D eigenvalue weighted by molar-refractivity contribution is 5.91. The van der Waals surface area contributed by atoms with Crippen molar-refractivity contribution in [3.63, 3.8) is 0 Å². The van der Waals surface area contributed by atoms with Crippen LogP contribution < -0.4 is 5.32 Å². The summed E-state index contributed by atoms with van der Waals surface area (Å²) in [6.45, 7) is 1.60. The van der Waals surface area contributed by atoms with Crippen LogP contribution in [0.15, 0.2) is 12.2 Å². The Kier molecular flexibility index (Phi) is 8.24. The zero-order valence-electron chi connectivity index (χ0n) is 15.5. The monoisotopic (exact) mass is 382 g/mol. The molecule has 1 amide bonds. The van der Waals surface area contributed by atoms with Gasteiger partial charge in [0.2, 0.25) is 5.91 Å². The van der Waals surface area contributed by atoms with Gasteiger partial charge in [0.1, 0.15) is 6.04 Å². The molecule has 0 aromatic heterocycles. The number of amides is 1. The Labute approximate surface area is 159 Å². The number of rotatable bonds is 8. The molecule has 1 unspecified atom stereocenters. The minimum Gasteiger partial charge on any atom is -0.481 e. The maximum absolute atomic E-state index is 12.1. The molecule has 1 heterocycles. The lowest BCUT2D eigenvalue weighted by atomic mass is 9.87. The van der Waals surface area contributed by atoms with Crippen molar-refractivity contribution >= 4 is 17.8 Å². The van der Waals surface area contributed by atoms with Crippen LogP contribution in [0.4, 0.5) is 0 Å². The first-order valence-electron chi connectivity index (χ1n) is 9.70. The van der Waals surface area contributed by atoms with Crippen molar-refractivity contribution in [2.75, 3.05) is 19.6 Å². The third-order valence-electron chi connectivity index (χ3n) is 5.46. The average molecular weight is 382 g/mol. The van der Waals surface area contributed by atoms with Gasteiger partial charge in [-0.1, -0.05) is 6.08 Å². The van der Waals surface area contributed by atoms with Crippen molar-refractivity contribution in [3.05, 3.63) is 12.2 Å². The molecule has 2 rings (SSSR count). The standard InChI is InChI=1S/C19H30N2O6/c22-15-6-3-13(4-7-15)5-8-17(23)20-16(19(26)27)9-11-21-10-1-2-14(12-21)18(24)25/h5,8,13-16,22H,1-4,6-7,9-12H2,(H,20,23)(H,24,25)(H,26,27)/t13?,14?,15?,16-/m1/s1. The summed E-state index contributed by atoms with van der Waals surface area (Å²) in [6, 6.07) is -1.000. The first-order chi connectivity index (χ1) is 12.8. The van der Waals surface area contributed by atoms with E-state index in [1.807, 2.05) is 4.90 Å². The Morgan fingerprint density at radius 1 is 1.11 bits per heavy atom. The number of hydrogen-bond acceptors (Lipinski definition) is 5. The fourth-order valence-corrected chi connectivity index (χ4v) is 3.77. The van der Waals surface area contributed by atoms with Gasteiger partial charge in [-0.25, -0.2) is 4.79 Å². The summed E-state index contributed by atoms with van der Waals surface area (Å²) in [6.07, 6.45) is 7.69. The highest BCUT2D eigenvalue weighted by Gasteiger charge is 2.27. The van der Waals surface area contributed by atoms with E-state index in [9.17, 15) is 24.6 Å². The summed E-state index contributed by atoms with van der Waals surface area (Å²) in [7, 11) is 0. The number of aliphatic hydroxyl groups excluding tert-OH is 1. The molecule has 2 fully saturated rings. The van der Waals surface area contributed by atoms with Gasteiger partial charge in [-0.3, -0.25) is 9.59 Å². The van der Waals surface area contributed by atoms with Crippen LogP contribution in [0.25, 0.3) is 0 Å². The fraction of sp³-hybridized carbons (Fsp3) is 0.737. The Balaban J connectivity index is 1.78. The van der Waals surface area contributed by atoms with Crippen molar-refractivity contribution in [2.45, 2.75) is 57.1 Å². The molecule has 0 radical (unpaired) electrons. The lowest BCUT2D eigenvalue weighted by Crippen LogP contribution is -2.45. The molecule has 27 heavy (non-hydrogen) atoms. The molecule has 1 saturated carbocycles. The molecular formula is C19H30N2O6. The van der Waals surface area contributed by atoms with Crippen molar-refractivity contribution in [3.8, 4) is 0 Å². The smallest absolute Gasteiger partial charge is 0.326 e. The molecular weight excluding hydrogens is 352 g/mol. The molecule has 4 N–H and O–H groups in total. The second kappa shape index (κ2) is 10.4. The van der Waals surface area contributed by atoms with E-state index >= 15 is 0 Å². The highest BCUT2D eigenvalue weighted by atomic mass is 16.4. The maximum atomic E-state index is 12.1. The van der Waals surface area contributed by atoms with Crippen LogP contribution >= 0.6 is 0 Å². The lowest BCUT2D eigenvalue weighted by molar-refractivity contribution is -0.144. The molecule has 0 bridgehead atoms. The Morgan fingerprint density at radius 3 is 2.44 bits per heavy atom.